The van der Waals surface area contributed by atoms with Gasteiger partial charge in [0, 0.05) is 31.3 Å². The van der Waals surface area contributed by atoms with Crippen LogP contribution >= 0.6 is 0 Å². The number of allylic oxidation sites excluding steroid dienone is 3. The maximum absolute atomic E-state index is 11.4. The molecule has 0 unspecified atom stereocenters. The maximum atomic E-state index is 11.4. The molecule has 0 bridgehead atoms. The molecular weight excluding hydrogens is 204 g/mol. The van der Waals surface area contributed by atoms with Gasteiger partial charge in [0.05, 0.1) is 6.17 Å². The first-order valence-corrected chi connectivity index (χ1v) is 5.54. The Balaban J connectivity index is 2.08. The predicted molar refractivity (Wildman–Crippen MR) is 58.5 cm³/mol. The molecule has 3 aliphatic rings. The van der Waals surface area contributed by atoms with Crippen molar-refractivity contribution in [1.29, 1.82) is 0 Å². The summed E-state index contributed by atoms with van der Waals surface area (Å²) in [5.74, 6) is -0.381. The number of ketones is 2. The molecule has 84 valence electrons. The van der Waals surface area contributed by atoms with E-state index in [1.165, 1.54) is 12.2 Å². The fourth-order valence-electron chi connectivity index (χ4n) is 3.12. The van der Waals surface area contributed by atoms with Gasteiger partial charge in [-0.1, -0.05) is 0 Å². The standard InChI is InChI=1S/C12H14N2O2/c1-13-4-3-7-8-5-10(15)11(16)6-9(8)14(2)12(7)13/h5-7,12H,3-4H2,1-2H3/t7-,12-/m1/s1. The smallest absolute Gasteiger partial charge is 0.227 e. The molecule has 16 heavy (non-hydrogen) atoms. The predicted octanol–water partition coefficient (Wildman–Crippen LogP) is 0.172. The van der Waals surface area contributed by atoms with Gasteiger partial charge < -0.3 is 4.90 Å². The van der Waals surface area contributed by atoms with Crippen LogP contribution in [0.2, 0.25) is 0 Å². The van der Waals surface area contributed by atoms with Crippen molar-refractivity contribution < 1.29 is 9.59 Å². The van der Waals surface area contributed by atoms with Crippen LogP contribution < -0.4 is 0 Å². The van der Waals surface area contributed by atoms with Crippen molar-refractivity contribution in [2.24, 2.45) is 5.92 Å². The summed E-state index contributed by atoms with van der Waals surface area (Å²) in [6.07, 6.45) is 4.41. The van der Waals surface area contributed by atoms with E-state index in [-0.39, 0.29) is 5.78 Å². The van der Waals surface area contributed by atoms with E-state index >= 15 is 0 Å². The van der Waals surface area contributed by atoms with Gasteiger partial charge in [0.15, 0.2) is 0 Å². The highest BCUT2D eigenvalue weighted by Gasteiger charge is 2.46. The minimum absolute atomic E-state index is 0.316. The molecule has 4 nitrogen and oxygen atoms in total. The maximum Gasteiger partial charge on any atom is 0.227 e. The Kier molecular flexibility index (Phi) is 1.86. The third-order valence-corrected chi connectivity index (χ3v) is 3.87. The van der Waals surface area contributed by atoms with E-state index in [0.717, 1.165) is 24.2 Å². The van der Waals surface area contributed by atoms with E-state index in [4.69, 9.17) is 0 Å². The zero-order valence-corrected chi connectivity index (χ0v) is 9.43. The van der Waals surface area contributed by atoms with Gasteiger partial charge in [0.1, 0.15) is 0 Å². The summed E-state index contributed by atoms with van der Waals surface area (Å²) in [6.45, 7) is 1.05. The molecule has 0 saturated carbocycles. The number of carbonyl (C=O) groups is 2. The molecular formula is C12H14N2O2. The lowest BCUT2D eigenvalue weighted by atomic mass is 9.92. The lowest BCUT2D eigenvalue weighted by Gasteiger charge is -2.27. The molecule has 3 rings (SSSR count). The Morgan fingerprint density at radius 2 is 1.88 bits per heavy atom. The van der Waals surface area contributed by atoms with Gasteiger partial charge >= 0.3 is 0 Å². The van der Waals surface area contributed by atoms with Gasteiger partial charge in [0.25, 0.3) is 0 Å². The van der Waals surface area contributed by atoms with Crippen LogP contribution in [0.25, 0.3) is 0 Å². The number of carbonyl (C=O) groups excluding carboxylic acids is 2. The second-order valence-corrected chi connectivity index (χ2v) is 4.76. The third kappa shape index (κ3) is 1.08. The van der Waals surface area contributed by atoms with Crippen LogP contribution in [0.15, 0.2) is 23.4 Å². The lowest BCUT2D eigenvalue weighted by molar-refractivity contribution is -0.131. The zero-order chi connectivity index (χ0) is 11.4. The quantitative estimate of drug-likeness (QED) is 0.429. The Bertz CT molecular complexity index is 450. The van der Waals surface area contributed by atoms with Crippen LogP contribution in [0.3, 0.4) is 0 Å². The van der Waals surface area contributed by atoms with Crippen LogP contribution in [0.5, 0.6) is 0 Å². The first kappa shape index (κ1) is 9.78. The fourth-order valence-corrected chi connectivity index (χ4v) is 3.12. The molecule has 0 aromatic rings. The van der Waals surface area contributed by atoms with Crippen LogP contribution in [-0.2, 0) is 9.59 Å². The third-order valence-electron chi connectivity index (χ3n) is 3.87. The summed E-state index contributed by atoms with van der Waals surface area (Å²) < 4.78 is 0. The number of fused-ring (bicyclic) bond motifs is 3. The summed E-state index contributed by atoms with van der Waals surface area (Å²) in [5.41, 5.74) is 1.99. The van der Waals surface area contributed by atoms with Crippen molar-refractivity contribution >= 4 is 11.6 Å². The average molecular weight is 218 g/mol. The summed E-state index contributed by atoms with van der Waals surface area (Å²) >= 11 is 0. The van der Waals surface area contributed by atoms with E-state index in [1.807, 2.05) is 7.05 Å². The van der Waals surface area contributed by atoms with Crippen molar-refractivity contribution in [3.8, 4) is 0 Å². The number of likely N-dealkylation sites (tertiary alicyclic amines) is 2. The largest absolute Gasteiger partial charge is 0.358 e. The lowest BCUT2D eigenvalue weighted by Crippen LogP contribution is -2.37. The minimum atomic E-state index is -0.395. The minimum Gasteiger partial charge on any atom is -0.358 e. The first-order valence-electron chi connectivity index (χ1n) is 5.54. The molecule has 0 N–H and O–H groups in total. The van der Waals surface area contributed by atoms with Crippen molar-refractivity contribution in [2.75, 3.05) is 20.6 Å². The number of nitrogens with zero attached hydrogens (tertiary/aromatic N) is 2. The Morgan fingerprint density at radius 1 is 1.19 bits per heavy atom. The van der Waals surface area contributed by atoms with Crippen molar-refractivity contribution in [1.82, 2.24) is 9.80 Å². The van der Waals surface area contributed by atoms with Gasteiger partial charge in [-0.3, -0.25) is 14.5 Å². The van der Waals surface area contributed by atoms with E-state index in [2.05, 4.69) is 16.8 Å². The molecule has 2 atom stereocenters. The van der Waals surface area contributed by atoms with E-state index in [9.17, 15) is 9.59 Å². The number of hydrogen-bond donors (Lipinski definition) is 0. The highest BCUT2D eigenvalue weighted by atomic mass is 16.2. The molecule has 0 amide bonds. The highest BCUT2D eigenvalue weighted by molar-refractivity contribution is 6.46. The molecule has 2 aliphatic heterocycles. The van der Waals surface area contributed by atoms with Crippen molar-refractivity contribution in [3.63, 3.8) is 0 Å². The molecule has 0 radical (unpaired) electrons. The van der Waals surface area contributed by atoms with Gasteiger partial charge in [-0.05, 0) is 25.1 Å². The number of rotatable bonds is 0. The van der Waals surface area contributed by atoms with E-state index in [1.54, 1.807) is 0 Å². The molecule has 4 heteroatoms. The second kappa shape index (κ2) is 3.04. The SMILES string of the molecule is CN1CC[C@@H]2C3=CC(=O)C(=O)C=C3N(C)[C@H]21. The first-order chi connectivity index (χ1) is 7.59. The van der Waals surface area contributed by atoms with Gasteiger partial charge in [-0.25, -0.2) is 0 Å². The topological polar surface area (TPSA) is 40.6 Å². The molecule has 0 aromatic heterocycles. The normalized spacial score (nSPS) is 33.8. The van der Waals surface area contributed by atoms with Crippen LogP contribution in [0, 0.1) is 5.92 Å². The zero-order valence-electron chi connectivity index (χ0n) is 9.43. The van der Waals surface area contributed by atoms with Gasteiger partial charge in [0.2, 0.25) is 11.6 Å². The second-order valence-electron chi connectivity index (χ2n) is 4.76. The molecule has 2 fully saturated rings. The van der Waals surface area contributed by atoms with E-state index < -0.39 is 5.78 Å². The average Bonchev–Trinajstić information content (AvgIpc) is 2.73. The monoisotopic (exact) mass is 218 g/mol. The molecule has 2 heterocycles. The van der Waals surface area contributed by atoms with E-state index in [0.29, 0.717) is 12.1 Å². The summed E-state index contributed by atoms with van der Waals surface area (Å²) in [7, 11) is 4.08. The number of likely N-dealkylation sites (N-methyl/N-ethyl adjacent to an activating group) is 1. The summed E-state index contributed by atoms with van der Waals surface area (Å²) in [5, 5.41) is 0. The van der Waals surface area contributed by atoms with Gasteiger partial charge in [-0.15, -0.1) is 0 Å². The molecule has 0 aromatic carbocycles. The Labute approximate surface area is 94.2 Å². The summed E-state index contributed by atoms with van der Waals surface area (Å²) in [6, 6.07) is 0. The summed E-state index contributed by atoms with van der Waals surface area (Å²) in [4.78, 5) is 27.2. The number of hydrogen-bond acceptors (Lipinski definition) is 4. The molecule has 2 saturated heterocycles. The Morgan fingerprint density at radius 3 is 2.62 bits per heavy atom. The highest BCUT2D eigenvalue weighted by Crippen LogP contribution is 2.44. The van der Waals surface area contributed by atoms with Gasteiger partial charge in [-0.2, -0.15) is 0 Å². The van der Waals surface area contributed by atoms with Crippen molar-refractivity contribution in [2.45, 2.75) is 12.6 Å². The van der Waals surface area contributed by atoms with Crippen LogP contribution in [0.1, 0.15) is 6.42 Å². The molecule has 1 aliphatic carbocycles. The fraction of sp³-hybridized carbons (Fsp3) is 0.500. The van der Waals surface area contributed by atoms with Crippen LogP contribution in [0.4, 0.5) is 0 Å². The Hall–Kier alpha value is -1.42. The van der Waals surface area contributed by atoms with Crippen molar-refractivity contribution in [3.05, 3.63) is 23.4 Å². The molecule has 0 spiro atoms. The van der Waals surface area contributed by atoms with Crippen LogP contribution in [-0.4, -0.2) is 48.2 Å².